The summed E-state index contributed by atoms with van der Waals surface area (Å²) in [5, 5.41) is 0. The lowest BCUT2D eigenvalue weighted by molar-refractivity contribution is 0.0872. The molecule has 0 amide bonds. The van der Waals surface area contributed by atoms with Gasteiger partial charge in [0, 0.05) is 25.5 Å². The van der Waals surface area contributed by atoms with Crippen molar-refractivity contribution in [2.45, 2.75) is 13.1 Å². The van der Waals surface area contributed by atoms with Crippen molar-refractivity contribution in [3.8, 4) is 23.0 Å². The molecule has 32 heavy (non-hydrogen) atoms. The van der Waals surface area contributed by atoms with Gasteiger partial charge in [0.25, 0.3) is 0 Å². The third kappa shape index (κ3) is 3.67. The standard InChI is InChI=1S/C25H22N2O5/c1-29-21-5-3-17(12-22(21)30-2)13-27-14-19-20(31-15-27)6-4-18-24(28)23(32-25(18)19)11-16-7-9-26-10-8-16/h3-12H,13-15H2,1-2H3. The predicted molar refractivity (Wildman–Crippen MR) is 118 cm³/mol. The van der Waals surface area contributed by atoms with Crippen molar-refractivity contribution in [2.75, 3.05) is 21.0 Å². The molecule has 3 aromatic rings. The lowest BCUT2D eigenvalue weighted by atomic mass is 10.0. The van der Waals surface area contributed by atoms with E-state index in [1.54, 1.807) is 38.8 Å². The minimum Gasteiger partial charge on any atom is -0.493 e. The maximum atomic E-state index is 12.9. The number of hydrogen-bond donors (Lipinski definition) is 0. The Morgan fingerprint density at radius 2 is 1.88 bits per heavy atom. The van der Waals surface area contributed by atoms with Gasteiger partial charge in [-0.25, -0.2) is 0 Å². The number of fused-ring (bicyclic) bond motifs is 3. The molecule has 0 saturated heterocycles. The van der Waals surface area contributed by atoms with E-state index >= 15 is 0 Å². The zero-order valence-corrected chi connectivity index (χ0v) is 17.8. The van der Waals surface area contributed by atoms with Crippen LogP contribution >= 0.6 is 0 Å². The van der Waals surface area contributed by atoms with E-state index in [9.17, 15) is 4.79 Å². The predicted octanol–water partition coefficient (Wildman–Crippen LogP) is 4.07. The van der Waals surface area contributed by atoms with Crippen LogP contribution in [0.2, 0.25) is 0 Å². The molecule has 1 aromatic heterocycles. The van der Waals surface area contributed by atoms with E-state index in [1.807, 2.05) is 36.4 Å². The summed E-state index contributed by atoms with van der Waals surface area (Å²) in [6.45, 7) is 1.69. The number of carbonyl (C=O) groups excluding carboxylic acids is 1. The molecule has 7 heteroatoms. The minimum atomic E-state index is -0.128. The molecule has 162 valence electrons. The molecule has 0 radical (unpaired) electrons. The van der Waals surface area contributed by atoms with Crippen LogP contribution < -0.4 is 18.9 Å². The molecular weight excluding hydrogens is 408 g/mol. The van der Waals surface area contributed by atoms with E-state index in [4.69, 9.17) is 18.9 Å². The van der Waals surface area contributed by atoms with Crippen LogP contribution in [-0.4, -0.2) is 36.6 Å². The second kappa shape index (κ2) is 8.36. The van der Waals surface area contributed by atoms with Crippen LogP contribution in [0.5, 0.6) is 23.0 Å². The van der Waals surface area contributed by atoms with Gasteiger partial charge in [0.05, 0.1) is 25.3 Å². The number of Topliss-reactive ketones (excluding diaryl/α,β-unsaturated/α-hetero) is 1. The van der Waals surface area contributed by atoms with Crippen molar-refractivity contribution in [3.05, 3.63) is 82.9 Å². The van der Waals surface area contributed by atoms with Gasteiger partial charge in [0.2, 0.25) is 5.78 Å². The molecule has 0 fully saturated rings. The SMILES string of the molecule is COc1ccc(CN2COc3ccc4c(c3C2)OC(=Cc2ccncc2)C4=O)cc1OC. The Bertz CT molecular complexity index is 1210. The molecule has 0 bridgehead atoms. The molecule has 2 aliphatic rings. The fourth-order valence-corrected chi connectivity index (χ4v) is 3.95. The Balaban J connectivity index is 1.39. The Morgan fingerprint density at radius 1 is 1.06 bits per heavy atom. The summed E-state index contributed by atoms with van der Waals surface area (Å²) in [4.78, 5) is 19.0. The van der Waals surface area contributed by atoms with Crippen LogP contribution in [0, 0.1) is 0 Å². The molecule has 5 rings (SSSR count). The van der Waals surface area contributed by atoms with Crippen molar-refractivity contribution in [1.29, 1.82) is 0 Å². The molecule has 2 aromatic carbocycles. The number of methoxy groups -OCH3 is 2. The summed E-state index contributed by atoms with van der Waals surface area (Å²) in [6, 6.07) is 13.1. The van der Waals surface area contributed by atoms with E-state index in [-0.39, 0.29) is 5.78 Å². The van der Waals surface area contributed by atoms with Crippen molar-refractivity contribution in [3.63, 3.8) is 0 Å². The first-order valence-electron chi connectivity index (χ1n) is 10.2. The molecule has 0 aliphatic carbocycles. The van der Waals surface area contributed by atoms with Crippen molar-refractivity contribution in [1.82, 2.24) is 9.88 Å². The van der Waals surface area contributed by atoms with Crippen LogP contribution in [-0.2, 0) is 13.1 Å². The summed E-state index contributed by atoms with van der Waals surface area (Å²) in [7, 11) is 3.24. The Hall–Kier alpha value is -3.84. The molecule has 0 saturated carbocycles. The fourth-order valence-electron chi connectivity index (χ4n) is 3.95. The number of hydrogen-bond acceptors (Lipinski definition) is 7. The molecular formula is C25H22N2O5. The molecule has 7 nitrogen and oxygen atoms in total. The largest absolute Gasteiger partial charge is 0.493 e. The van der Waals surface area contributed by atoms with Crippen molar-refractivity contribution < 1.29 is 23.7 Å². The van der Waals surface area contributed by atoms with Crippen LogP contribution in [0.1, 0.15) is 27.0 Å². The first kappa shape index (κ1) is 20.1. The highest BCUT2D eigenvalue weighted by molar-refractivity contribution is 6.15. The van der Waals surface area contributed by atoms with Gasteiger partial charge in [-0.1, -0.05) is 6.07 Å². The first-order valence-corrected chi connectivity index (χ1v) is 10.2. The Morgan fingerprint density at radius 3 is 2.66 bits per heavy atom. The monoisotopic (exact) mass is 430 g/mol. The summed E-state index contributed by atoms with van der Waals surface area (Å²) in [5.41, 5.74) is 3.36. The topological polar surface area (TPSA) is 70.1 Å². The van der Waals surface area contributed by atoms with Gasteiger partial charge in [-0.05, 0) is 53.6 Å². The molecule has 0 N–H and O–H groups in total. The summed E-state index contributed by atoms with van der Waals surface area (Å²) >= 11 is 0. The van der Waals surface area contributed by atoms with Gasteiger partial charge in [0.1, 0.15) is 18.2 Å². The first-order chi connectivity index (χ1) is 15.7. The fraction of sp³-hybridized carbons (Fsp3) is 0.200. The van der Waals surface area contributed by atoms with Gasteiger partial charge >= 0.3 is 0 Å². The third-order valence-electron chi connectivity index (χ3n) is 5.54. The average molecular weight is 430 g/mol. The number of aromatic nitrogens is 1. The van der Waals surface area contributed by atoms with Gasteiger partial charge in [-0.2, -0.15) is 0 Å². The van der Waals surface area contributed by atoms with E-state index in [0.717, 1.165) is 22.4 Å². The summed E-state index contributed by atoms with van der Waals surface area (Å²) in [5.74, 6) is 2.86. The Kier molecular flexibility index (Phi) is 5.25. The quantitative estimate of drug-likeness (QED) is 0.565. The molecule has 3 heterocycles. The minimum absolute atomic E-state index is 0.128. The highest BCUT2D eigenvalue weighted by Gasteiger charge is 2.33. The van der Waals surface area contributed by atoms with Crippen LogP contribution in [0.4, 0.5) is 0 Å². The normalized spacial score (nSPS) is 16.2. The van der Waals surface area contributed by atoms with Crippen molar-refractivity contribution in [2.24, 2.45) is 0 Å². The molecule has 2 aliphatic heterocycles. The van der Waals surface area contributed by atoms with Gasteiger partial charge in [-0.3, -0.25) is 14.7 Å². The maximum Gasteiger partial charge on any atom is 0.231 e. The zero-order valence-electron chi connectivity index (χ0n) is 17.8. The second-order valence-electron chi connectivity index (χ2n) is 7.59. The van der Waals surface area contributed by atoms with Gasteiger partial charge in [0.15, 0.2) is 17.3 Å². The smallest absolute Gasteiger partial charge is 0.231 e. The lowest BCUT2D eigenvalue weighted by Crippen LogP contribution is -2.31. The van der Waals surface area contributed by atoms with Crippen LogP contribution in [0.25, 0.3) is 6.08 Å². The van der Waals surface area contributed by atoms with Crippen LogP contribution in [0.15, 0.2) is 60.6 Å². The molecule has 0 atom stereocenters. The Labute approximate surface area is 185 Å². The number of rotatable bonds is 5. The maximum absolute atomic E-state index is 12.9. The summed E-state index contributed by atoms with van der Waals surface area (Å²) in [6.07, 6.45) is 5.10. The van der Waals surface area contributed by atoms with E-state index in [1.165, 1.54) is 0 Å². The number of benzene rings is 2. The van der Waals surface area contributed by atoms with Gasteiger partial charge in [-0.15, -0.1) is 0 Å². The third-order valence-corrected chi connectivity index (χ3v) is 5.54. The van der Waals surface area contributed by atoms with Gasteiger partial charge < -0.3 is 18.9 Å². The van der Waals surface area contributed by atoms with Crippen LogP contribution in [0.3, 0.4) is 0 Å². The highest BCUT2D eigenvalue weighted by atomic mass is 16.5. The zero-order chi connectivity index (χ0) is 22.1. The molecule has 0 unspecified atom stereocenters. The number of ether oxygens (including phenoxy) is 4. The number of nitrogens with zero attached hydrogens (tertiary/aromatic N) is 2. The lowest BCUT2D eigenvalue weighted by Gasteiger charge is -2.29. The van der Waals surface area contributed by atoms with E-state index in [0.29, 0.717) is 48.4 Å². The number of ketones is 1. The van der Waals surface area contributed by atoms with Crippen molar-refractivity contribution >= 4 is 11.9 Å². The number of allylic oxidation sites excluding steroid dienone is 1. The average Bonchev–Trinajstić information content (AvgIpc) is 3.15. The van der Waals surface area contributed by atoms with E-state index in [2.05, 4.69) is 9.88 Å². The second-order valence-corrected chi connectivity index (χ2v) is 7.59. The number of pyridine rings is 1. The summed E-state index contributed by atoms with van der Waals surface area (Å²) < 4.78 is 22.7. The van der Waals surface area contributed by atoms with E-state index < -0.39 is 0 Å². The molecule has 0 spiro atoms. The number of carbonyl (C=O) groups is 1. The highest BCUT2D eigenvalue weighted by Crippen LogP contribution is 2.42.